The Kier molecular flexibility index (Phi) is 5.20. The van der Waals surface area contributed by atoms with Gasteiger partial charge in [-0.15, -0.1) is 0 Å². The predicted octanol–water partition coefficient (Wildman–Crippen LogP) is 3.67. The largest absolute Gasteiger partial charge is 0.320 e. The maximum Gasteiger partial charge on any atom is 0.161 e. The third-order valence-corrected chi connectivity index (χ3v) is 3.21. The van der Waals surface area contributed by atoms with E-state index in [2.05, 4.69) is 19.2 Å². The maximum atomic E-state index is 13.4. The van der Waals surface area contributed by atoms with Crippen molar-refractivity contribution in [3.63, 3.8) is 0 Å². The molecule has 0 aromatic heterocycles. The van der Waals surface area contributed by atoms with Crippen LogP contribution in [0.1, 0.15) is 32.3 Å². The van der Waals surface area contributed by atoms with Crippen LogP contribution < -0.4 is 5.32 Å². The molecule has 0 amide bonds. The van der Waals surface area contributed by atoms with Crippen LogP contribution in [0.4, 0.5) is 13.2 Å². The van der Waals surface area contributed by atoms with E-state index in [0.717, 1.165) is 25.5 Å². The van der Waals surface area contributed by atoms with Crippen molar-refractivity contribution >= 4 is 0 Å². The summed E-state index contributed by atoms with van der Waals surface area (Å²) in [6.45, 7) is 5.05. The molecule has 0 aliphatic heterocycles. The average molecular weight is 259 g/mol. The minimum Gasteiger partial charge on any atom is -0.320 e. The van der Waals surface area contributed by atoms with Crippen LogP contribution in [-0.4, -0.2) is 13.6 Å². The minimum atomic E-state index is -1.13. The molecule has 1 aromatic rings. The fraction of sp³-hybridized carbons (Fsp3) is 0.571. The second-order valence-electron chi connectivity index (χ2n) is 5.38. The third kappa shape index (κ3) is 4.33. The van der Waals surface area contributed by atoms with Gasteiger partial charge in [0.2, 0.25) is 0 Å². The summed E-state index contributed by atoms with van der Waals surface area (Å²) in [6, 6.07) is 1.57. The molecule has 0 fully saturated rings. The average Bonchev–Trinajstić information content (AvgIpc) is 2.30. The highest BCUT2D eigenvalue weighted by Gasteiger charge is 2.18. The molecule has 18 heavy (non-hydrogen) atoms. The highest BCUT2D eigenvalue weighted by Crippen LogP contribution is 2.27. The van der Waals surface area contributed by atoms with E-state index in [-0.39, 0.29) is 11.0 Å². The second-order valence-corrected chi connectivity index (χ2v) is 5.38. The Morgan fingerprint density at radius 2 is 1.61 bits per heavy atom. The van der Waals surface area contributed by atoms with Crippen LogP contribution in [0, 0.1) is 22.9 Å². The van der Waals surface area contributed by atoms with Gasteiger partial charge >= 0.3 is 0 Å². The van der Waals surface area contributed by atoms with Crippen LogP contribution in [0.15, 0.2) is 12.1 Å². The number of nitrogens with one attached hydrogen (secondary N) is 1. The standard InChI is InChI=1S/C14H20F3N/c1-14(2,6-7-18-3)5-4-10-8-12(16)13(17)9-11(10)15/h8-9,18H,4-7H2,1-3H3. The topological polar surface area (TPSA) is 12.0 Å². The van der Waals surface area contributed by atoms with Crippen LogP contribution in [-0.2, 0) is 6.42 Å². The van der Waals surface area contributed by atoms with Gasteiger partial charge in [-0.1, -0.05) is 13.8 Å². The van der Waals surface area contributed by atoms with Gasteiger partial charge in [-0.2, -0.15) is 0 Å². The maximum absolute atomic E-state index is 13.4. The Hall–Kier alpha value is -1.03. The molecular weight excluding hydrogens is 239 g/mol. The summed E-state index contributed by atoms with van der Waals surface area (Å²) >= 11 is 0. The smallest absolute Gasteiger partial charge is 0.161 e. The van der Waals surface area contributed by atoms with Crippen molar-refractivity contribution in [1.82, 2.24) is 5.32 Å². The highest BCUT2D eigenvalue weighted by molar-refractivity contribution is 5.20. The van der Waals surface area contributed by atoms with Crippen LogP contribution >= 0.6 is 0 Å². The quantitative estimate of drug-likeness (QED) is 0.769. The van der Waals surface area contributed by atoms with Crippen molar-refractivity contribution < 1.29 is 13.2 Å². The molecule has 0 saturated carbocycles. The molecule has 4 heteroatoms. The Labute approximate surface area is 106 Å². The number of aryl methyl sites for hydroxylation is 1. The molecule has 1 rings (SSSR count). The zero-order valence-corrected chi connectivity index (χ0v) is 11.1. The first kappa shape index (κ1) is 15.0. The molecule has 0 heterocycles. The Morgan fingerprint density at radius 3 is 2.22 bits per heavy atom. The number of rotatable bonds is 6. The van der Waals surface area contributed by atoms with Crippen LogP contribution in [0.2, 0.25) is 0 Å². The molecular formula is C14H20F3N. The van der Waals surface area contributed by atoms with Gasteiger partial charge in [0.05, 0.1) is 0 Å². The zero-order chi connectivity index (χ0) is 13.8. The zero-order valence-electron chi connectivity index (χ0n) is 11.1. The number of halogens is 3. The molecule has 0 spiro atoms. The summed E-state index contributed by atoms with van der Waals surface area (Å²) in [7, 11) is 1.88. The summed E-state index contributed by atoms with van der Waals surface area (Å²) in [6.07, 6.45) is 2.10. The first-order valence-electron chi connectivity index (χ1n) is 6.14. The molecule has 102 valence electrons. The van der Waals surface area contributed by atoms with Crippen molar-refractivity contribution in [3.8, 4) is 0 Å². The van der Waals surface area contributed by atoms with Gasteiger partial charge in [-0.05, 0) is 49.9 Å². The molecule has 0 saturated heterocycles. The van der Waals surface area contributed by atoms with Gasteiger partial charge in [-0.25, -0.2) is 13.2 Å². The van der Waals surface area contributed by atoms with Gasteiger partial charge < -0.3 is 5.32 Å². The highest BCUT2D eigenvalue weighted by atomic mass is 19.2. The molecule has 0 bridgehead atoms. The molecule has 0 unspecified atom stereocenters. The van der Waals surface area contributed by atoms with Crippen molar-refractivity contribution in [1.29, 1.82) is 0 Å². The number of benzene rings is 1. The van der Waals surface area contributed by atoms with Crippen molar-refractivity contribution in [2.75, 3.05) is 13.6 Å². The monoisotopic (exact) mass is 259 g/mol. The van der Waals surface area contributed by atoms with E-state index in [0.29, 0.717) is 12.5 Å². The van der Waals surface area contributed by atoms with E-state index in [1.807, 2.05) is 7.05 Å². The molecule has 0 radical (unpaired) electrons. The lowest BCUT2D eigenvalue weighted by Gasteiger charge is -2.24. The molecule has 1 aromatic carbocycles. The van der Waals surface area contributed by atoms with Crippen LogP contribution in [0.5, 0.6) is 0 Å². The first-order valence-corrected chi connectivity index (χ1v) is 6.14. The van der Waals surface area contributed by atoms with Gasteiger partial charge in [-0.3, -0.25) is 0 Å². The lowest BCUT2D eigenvalue weighted by atomic mass is 9.83. The van der Waals surface area contributed by atoms with Crippen molar-refractivity contribution in [2.45, 2.75) is 33.1 Å². The van der Waals surface area contributed by atoms with Gasteiger partial charge in [0.15, 0.2) is 11.6 Å². The van der Waals surface area contributed by atoms with Gasteiger partial charge in [0.1, 0.15) is 5.82 Å². The Morgan fingerprint density at radius 1 is 1.00 bits per heavy atom. The fourth-order valence-corrected chi connectivity index (χ4v) is 1.82. The Bertz CT molecular complexity index is 402. The van der Waals surface area contributed by atoms with Crippen LogP contribution in [0.3, 0.4) is 0 Å². The van der Waals surface area contributed by atoms with E-state index in [1.165, 1.54) is 0 Å². The summed E-state index contributed by atoms with van der Waals surface area (Å²) in [4.78, 5) is 0. The predicted molar refractivity (Wildman–Crippen MR) is 67.0 cm³/mol. The van der Waals surface area contributed by atoms with Crippen LogP contribution in [0.25, 0.3) is 0 Å². The number of hydrogen-bond acceptors (Lipinski definition) is 1. The third-order valence-electron chi connectivity index (χ3n) is 3.21. The van der Waals surface area contributed by atoms with E-state index in [9.17, 15) is 13.2 Å². The molecule has 0 aliphatic carbocycles. The summed E-state index contributed by atoms with van der Waals surface area (Å²) in [5.41, 5.74) is 0.284. The van der Waals surface area contributed by atoms with E-state index in [4.69, 9.17) is 0 Å². The SMILES string of the molecule is CNCCC(C)(C)CCc1cc(F)c(F)cc1F. The van der Waals surface area contributed by atoms with Crippen molar-refractivity contribution in [3.05, 3.63) is 35.1 Å². The van der Waals surface area contributed by atoms with E-state index >= 15 is 0 Å². The fourth-order valence-electron chi connectivity index (χ4n) is 1.82. The second kappa shape index (κ2) is 6.23. The van der Waals surface area contributed by atoms with E-state index in [1.54, 1.807) is 0 Å². The Balaban J connectivity index is 2.66. The lowest BCUT2D eigenvalue weighted by molar-refractivity contribution is 0.304. The minimum absolute atomic E-state index is 0.0420. The van der Waals surface area contributed by atoms with Crippen molar-refractivity contribution in [2.24, 2.45) is 5.41 Å². The summed E-state index contributed by atoms with van der Waals surface area (Å²) < 4.78 is 39.2. The normalized spacial score (nSPS) is 11.9. The molecule has 1 nitrogen and oxygen atoms in total. The van der Waals surface area contributed by atoms with E-state index < -0.39 is 17.5 Å². The summed E-state index contributed by atoms with van der Waals surface area (Å²) in [5.74, 6) is -2.79. The summed E-state index contributed by atoms with van der Waals surface area (Å²) in [5, 5.41) is 3.07. The van der Waals surface area contributed by atoms with Gasteiger partial charge in [0, 0.05) is 6.07 Å². The molecule has 1 N–H and O–H groups in total. The van der Waals surface area contributed by atoms with Gasteiger partial charge in [0.25, 0.3) is 0 Å². The lowest BCUT2D eigenvalue weighted by Crippen LogP contribution is -2.20. The molecule has 0 atom stereocenters. The first-order chi connectivity index (χ1) is 8.35. The molecule has 0 aliphatic rings. The number of hydrogen-bond donors (Lipinski definition) is 1.